The minimum Gasteiger partial charge on any atom is -0.329 e. The number of alkyl halides is 3. The number of aromatic nitrogens is 2. The number of hydrogen-bond donors (Lipinski definition) is 1. The maximum absolute atomic E-state index is 12.2. The van der Waals surface area contributed by atoms with Crippen molar-refractivity contribution in [2.24, 2.45) is 11.7 Å². The lowest BCUT2D eigenvalue weighted by molar-refractivity contribution is -0.159. The smallest absolute Gasteiger partial charge is 0.329 e. The molecule has 0 saturated heterocycles. The summed E-state index contributed by atoms with van der Waals surface area (Å²) in [5.41, 5.74) is 4.93. The standard InChI is InChI=1S/C9H12F3N3O/c1-8(13,4-5-2-3-5)6-14-7(16-15-6)9(10,11)12/h5H,2-4,13H2,1H3. The monoisotopic (exact) mass is 235 g/mol. The molecule has 4 nitrogen and oxygen atoms in total. The molecule has 1 heterocycles. The molecule has 1 aliphatic carbocycles. The molecule has 90 valence electrons. The highest BCUT2D eigenvalue weighted by Gasteiger charge is 2.41. The van der Waals surface area contributed by atoms with Crippen LogP contribution in [0.3, 0.4) is 0 Å². The van der Waals surface area contributed by atoms with Crippen LogP contribution in [0.1, 0.15) is 37.9 Å². The van der Waals surface area contributed by atoms with E-state index >= 15 is 0 Å². The molecule has 0 bridgehead atoms. The van der Waals surface area contributed by atoms with Gasteiger partial charge in [-0.2, -0.15) is 18.2 Å². The highest BCUT2D eigenvalue weighted by atomic mass is 19.4. The maximum atomic E-state index is 12.2. The Morgan fingerprint density at radius 3 is 2.50 bits per heavy atom. The Hall–Kier alpha value is -1.11. The van der Waals surface area contributed by atoms with Crippen LogP contribution in [0.15, 0.2) is 4.52 Å². The summed E-state index contributed by atoms with van der Waals surface area (Å²) in [5, 5.41) is 3.30. The molecule has 0 aromatic carbocycles. The number of halogens is 3. The third-order valence-electron chi connectivity index (χ3n) is 2.59. The lowest BCUT2D eigenvalue weighted by Gasteiger charge is -2.19. The first-order valence-electron chi connectivity index (χ1n) is 4.99. The van der Waals surface area contributed by atoms with Crippen LogP contribution in [0.25, 0.3) is 0 Å². The lowest BCUT2D eigenvalue weighted by atomic mass is 9.95. The van der Waals surface area contributed by atoms with Gasteiger partial charge >= 0.3 is 12.1 Å². The van der Waals surface area contributed by atoms with Crippen LogP contribution in [0, 0.1) is 5.92 Å². The second kappa shape index (κ2) is 3.44. The highest BCUT2D eigenvalue weighted by molar-refractivity contribution is 5.04. The first-order valence-corrected chi connectivity index (χ1v) is 4.99. The quantitative estimate of drug-likeness (QED) is 0.870. The summed E-state index contributed by atoms with van der Waals surface area (Å²) in [5.74, 6) is -0.940. The van der Waals surface area contributed by atoms with E-state index in [1.54, 1.807) is 6.92 Å². The number of hydrogen-bond acceptors (Lipinski definition) is 4. The van der Waals surface area contributed by atoms with Crippen molar-refractivity contribution in [3.63, 3.8) is 0 Å². The topological polar surface area (TPSA) is 64.9 Å². The Labute approximate surface area is 90.0 Å². The number of nitrogens with zero attached hydrogens (tertiary/aromatic N) is 2. The van der Waals surface area contributed by atoms with Gasteiger partial charge in [0, 0.05) is 0 Å². The molecule has 1 aromatic rings. The molecule has 1 aliphatic rings. The van der Waals surface area contributed by atoms with Gasteiger partial charge in [0.15, 0.2) is 5.82 Å². The second-order valence-electron chi connectivity index (χ2n) is 4.49. The molecule has 7 heteroatoms. The SMILES string of the molecule is CC(N)(CC1CC1)c1noc(C(F)(F)F)n1. The van der Waals surface area contributed by atoms with Gasteiger partial charge in [0.25, 0.3) is 0 Å². The van der Waals surface area contributed by atoms with Crippen molar-refractivity contribution in [3.8, 4) is 0 Å². The molecular weight excluding hydrogens is 223 g/mol. The minimum absolute atomic E-state index is 0.0771. The summed E-state index contributed by atoms with van der Waals surface area (Å²) in [7, 11) is 0. The van der Waals surface area contributed by atoms with Crippen LogP contribution in [0.5, 0.6) is 0 Å². The van der Waals surface area contributed by atoms with Gasteiger partial charge in [0.1, 0.15) is 0 Å². The fourth-order valence-corrected chi connectivity index (χ4v) is 1.58. The molecule has 1 aromatic heterocycles. The maximum Gasteiger partial charge on any atom is 0.471 e. The Bertz CT molecular complexity index is 382. The first kappa shape index (κ1) is 11.4. The van der Waals surface area contributed by atoms with Crippen LogP contribution in [-0.2, 0) is 11.7 Å². The molecule has 0 amide bonds. The summed E-state index contributed by atoms with van der Waals surface area (Å²) in [6.45, 7) is 1.62. The van der Waals surface area contributed by atoms with Crippen molar-refractivity contribution in [1.82, 2.24) is 10.1 Å². The zero-order chi connectivity index (χ0) is 12.0. The van der Waals surface area contributed by atoms with Crippen molar-refractivity contribution >= 4 is 0 Å². The van der Waals surface area contributed by atoms with Gasteiger partial charge in [-0.15, -0.1) is 0 Å². The van der Waals surface area contributed by atoms with E-state index in [2.05, 4.69) is 14.7 Å². The van der Waals surface area contributed by atoms with Crippen molar-refractivity contribution < 1.29 is 17.7 Å². The Kier molecular flexibility index (Phi) is 2.45. The van der Waals surface area contributed by atoms with Crippen molar-refractivity contribution in [2.45, 2.75) is 37.9 Å². The van der Waals surface area contributed by atoms with E-state index in [0.29, 0.717) is 12.3 Å². The van der Waals surface area contributed by atoms with E-state index < -0.39 is 17.6 Å². The Balaban J connectivity index is 2.16. The normalized spacial score (nSPS) is 20.8. The third kappa shape index (κ3) is 2.34. The van der Waals surface area contributed by atoms with Gasteiger partial charge in [0.05, 0.1) is 5.54 Å². The molecule has 1 saturated carbocycles. The van der Waals surface area contributed by atoms with Gasteiger partial charge < -0.3 is 10.3 Å². The van der Waals surface area contributed by atoms with E-state index in [-0.39, 0.29) is 5.82 Å². The molecule has 1 fully saturated rings. The van der Waals surface area contributed by atoms with Crippen molar-refractivity contribution in [2.75, 3.05) is 0 Å². The highest BCUT2D eigenvalue weighted by Crippen LogP contribution is 2.39. The van der Waals surface area contributed by atoms with Crippen LogP contribution < -0.4 is 5.73 Å². The lowest BCUT2D eigenvalue weighted by Crippen LogP contribution is -2.35. The van der Waals surface area contributed by atoms with Gasteiger partial charge in [0.2, 0.25) is 0 Å². The van der Waals surface area contributed by atoms with Gasteiger partial charge in [-0.25, -0.2) is 0 Å². The van der Waals surface area contributed by atoms with E-state index in [1.165, 1.54) is 0 Å². The van der Waals surface area contributed by atoms with Gasteiger partial charge in [-0.1, -0.05) is 18.0 Å². The summed E-state index contributed by atoms with van der Waals surface area (Å²) in [6.07, 6.45) is -1.89. The molecule has 1 unspecified atom stereocenters. The zero-order valence-corrected chi connectivity index (χ0v) is 8.71. The number of nitrogens with two attached hydrogens (primary N) is 1. The van der Waals surface area contributed by atoms with Gasteiger partial charge in [-0.05, 0) is 19.3 Å². The summed E-state index contributed by atoms with van der Waals surface area (Å²) < 4.78 is 40.8. The predicted molar refractivity (Wildman–Crippen MR) is 48.2 cm³/mol. The summed E-state index contributed by atoms with van der Waals surface area (Å²) in [6, 6.07) is 0. The molecule has 0 spiro atoms. The molecule has 1 atom stereocenters. The molecule has 16 heavy (non-hydrogen) atoms. The molecule has 2 N–H and O–H groups in total. The predicted octanol–water partition coefficient (Wildman–Crippen LogP) is 2.06. The molecular formula is C9H12F3N3O. The van der Waals surface area contributed by atoms with E-state index in [1.807, 2.05) is 0 Å². The second-order valence-corrected chi connectivity index (χ2v) is 4.49. The third-order valence-corrected chi connectivity index (χ3v) is 2.59. The van der Waals surface area contributed by atoms with Crippen LogP contribution in [0.2, 0.25) is 0 Å². The van der Waals surface area contributed by atoms with Gasteiger partial charge in [-0.3, -0.25) is 0 Å². The van der Waals surface area contributed by atoms with Crippen molar-refractivity contribution in [1.29, 1.82) is 0 Å². The summed E-state index contributed by atoms with van der Waals surface area (Å²) in [4.78, 5) is 3.31. The zero-order valence-electron chi connectivity index (χ0n) is 8.71. The van der Waals surface area contributed by atoms with Crippen molar-refractivity contribution in [3.05, 3.63) is 11.7 Å². The van der Waals surface area contributed by atoms with E-state index in [9.17, 15) is 13.2 Å². The average Bonchev–Trinajstić information content (AvgIpc) is 2.79. The fourth-order valence-electron chi connectivity index (χ4n) is 1.58. The number of rotatable bonds is 3. The fraction of sp³-hybridized carbons (Fsp3) is 0.778. The van der Waals surface area contributed by atoms with E-state index in [0.717, 1.165) is 12.8 Å². The molecule has 0 radical (unpaired) electrons. The van der Waals surface area contributed by atoms with Crippen LogP contribution in [-0.4, -0.2) is 10.1 Å². The van der Waals surface area contributed by atoms with Crippen LogP contribution in [0.4, 0.5) is 13.2 Å². The summed E-state index contributed by atoms with van der Waals surface area (Å²) >= 11 is 0. The van der Waals surface area contributed by atoms with E-state index in [4.69, 9.17) is 5.73 Å². The minimum atomic E-state index is -4.61. The molecule has 0 aliphatic heterocycles. The first-order chi connectivity index (χ1) is 7.29. The largest absolute Gasteiger partial charge is 0.471 e. The Morgan fingerprint density at radius 2 is 2.06 bits per heavy atom. The Morgan fingerprint density at radius 1 is 1.44 bits per heavy atom. The van der Waals surface area contributed by atoms with Crippen LogP contribution >= 0.6 is 0 Å². The molecule has 2 rings (SSSR count). The average molecular weight is 235 g/mol.